The first-order valence-electron chi connectivity index (χ1n) is 5.19. The summed E-state index contributed by atoms with van der Waals surface area (Å²) in [5.41, 5.74) is 0.670. The molecule has 7 heteroatoms. The topological polar surface area (TPSA) is 91.8 Å². The van der Waals surface area contributed by atoms with Crippen LogP contribution in [0.2, 0.25) is 0 Å². The molecule has 0 atom stereocenters. The van der Waals surface area contributed by atoms with Gasteiger partial charge in [-0.25, -0.2) is 0 Å². The molecule has 1 aromatic carbocycles. The standard InChI is InChI=1S/C11H11NO5S/c1-7-2-3-9(10(4-7)18(15,16)17)12-6-8(13)5-11(12)14/h2-4H,5-6H2,1H3,(H,15,16,17). The van der Waals surface area contributed by atoms with E-state index in [1.807, 2.05) is 0 Å². The minimum atomic E-state index is -4.44. The zero-order valence-electron chi connectivity index (χ0n) is 9.58. The van der Waals surface area contributed by atoms with Gasteiger partial charge in [-0.3, -0.25) is 14.1 Å². The maximum absolute atomic E-state index is 11.6. The minimum absolute atomic E-state index is 0.0407. The lowest BCUT2D eigenvalue weighted by molar-refractivity contribution is -0.121. The fourth-order valence-corrected chi connectivity index (χ4v) is 2.63. The van der Waals surface area contributed by atoms with Gasteiger partial charge in [0.05, 0.1) is 18.7 Å². The molecule has 0 spiro atoms. The lowest BCUT2D eigenvalue weighted by atomic mass is 10.2. The van der Waals surface area contributed by atoms with Gasteiger partial charge in [0.15, 0.2) is 5.78 Å². The quantitative estimate of drug-likeness (QED) is 0.625. The van der Waals surface area contributed by atoms with Gasteiger partial charge in [-0.15, -0.1) is 0 Å². The van der Waals surface area contributed by atoms with Crippen LogP contribution in [0.3, 0.4) is 0 Å². The number of rotatable bonds is 2. The molecule has 1 fully saturated rings. The van der Waals surface area contributed by atoms with E-state index in [1.54, 1.807) is 13.0 Å². The second kappa shape index (κ2) is 4.18. The summed E-state index contributed by atoms with van der Waals surface area (Å²) in [6, 6.07) is 4.29. The summed E-state index contributed by atoms with van der Waals surface area (Å²) in [4.78, 5) is 23.5. The van der Waals surface area contributed by atoms with Gasteiger partial charge in [-0.05, 0) is 24.6 Å². The van der Waals surface area contributed by atoms with E-state index in [9.17, 15) is 18.0 Å². The Bertz CT molecular complexity index is 635. The molecule has 1 N–H and O–H groups in total. The molecule has 0 aromatic heterocycles. The van der Waals surface area contributed by atoms with Crippen molar-refractivity contribution in [2.75, 3.05) is 11.4 Å². The third kappa shape index (κ3) is 2.27. The van der Waals surface area contributed by atoms with Crippen molar-refractivity contribution in [1.29, 1.82) is 0 Å². The summed E-state index contributed by atoms with van der Waals surface area (Å²) in [7, 11) is -4.44. The molecule has 1 aromatic rings. The van der Waals surface area contributed by atoms with E-state index in [-0.39, 0.29) is 29.3 Å². The fraction of sp³-hybridized carbons (Fsp3) is 0.273. The zero-order chi connectivity index (χ0) is 13.5. The van der Waals surface area contributed by atoms with Gasteiger partial charge in [0.2, 0.25) is 5.91 Å². The van der Waals surface area contributed by atoms with Crippen molar-refractivity contribution in [1.82, 2.24) is 0 Å². The average Bonchev–Trinajstić information content (AvgIpc) is 2.56. The number of carbonyl (C=O) groups is 2. The van der Waals surface area contributed by atoms with Gasteiger partial charge in [-0.1, -0.05) is 6.07 Å². The Kier molecular flexibility index (Phi) is 2.95. The normalized spacial score (nSPS) is 16.4. The summed E-state index contributed by atoms with van der Waals surface area (Å²) >= 11 is 0. The van der Waals surface area contributed by atoms with E-state index in [1.165, 1.54) is 12.1 Å². The molecule has 1 aliphatic heterocycles. The largest absolute Gasteiger partial charge is 0.303 e. The summed E-state index contributed by atoms with van der Waals surface area (Å²) in [6.07, 6.45) is -0.237. The molecule has 1 saturated heterocycles. The van der Waals surface area contributed by atoms with Crippen molar-refractivity contribution in [2.45, 2.75) is 18.2 Å². The Morgan fingerprint density at radius 2 is 1.94 bits per heavy atom. The molecule has 6 nitrogen and oxygen atoms in total. The Balaban J connectivity index is 2.58. The predicted molar refractivity (Wildman–Crippen MR) is 63.0 cm³/mol. The van der Waals surface area contributed by atoms with Crippen LogP contribution in [-0.4, -0.2) is 31.2 Å². The van der Waals surface area contributed by atoms with Crippen LogP contribution in [0.1, 0.15) is 12.0 Å². The lowest BCUT2D eigenvalue weighted by Gasteiger charge is -2.17. The second-order valence-electron chi connectivity index (χ2n) is 4.14. The molecule has 0 bridgehead atoms. The van der Waals surface area contributed by atoms with Gasteiger partial charge >= 0.3 is 0 Å². The van der Waals surface area contributed by atoms with Crippen LogP contribution < -0.4 is 4.90 Å². The molecule has 1 amide bonds. The van der Waals surface area contributed by atoms with Crippen molar-refractivity contribution < 1.29 is 22.6 Å². The average molecular weight is 269 g/mol. The van der Waals surface area contributed by atoms with E-state index >= 15 is 0 Å². The number of anilines is 1. The lowest BCUT2D eigenvalue weighted by Crippen LogP contribution is -2.26. The smallest absolute Gasteiger partial charge is 0.296 e. The highest BCUT2D eigenvalue weighted by Gasteiger charge is 2.32. The van der Waals surface area contributed by atoms with Crippen LogP contribution in [0.25, 0.3) is 0 Å². The van der Waals surface area contributed by atoms with E-state index < -0.39 is 16.0 Å². The Labute approximate surface area is 104 Å². The maximum atomic E-state index is 11.6. The van der Waals surface area contributed by atoms with Crippen LogP contribution >= 0.6 is 0 Å². The Morgan fingerprint density at radius 3 is 2.44 bits per heavy atom. The number of nitrogens with zero attached hydrogens (tertiary/aromatic N) is 1. The first-order valence-corrected chi connectivity index (χ1v) is 6.63. The van der Waals surface area contributed by atoms with Crippen LogP contribution in [0.15, 0.2) is 23.1 Å². The van der Waals surface area contributed by atoms with Crippen LogP contribution in [0.4, 0.5) is 5.69 Å². The van der Waals surface area contributed by atoms with Crippen LogP contribution in [-0.2, 0) is 19.7 Å². The number of ketones is 1. The first-order chi connectivity index (χ1) is 8.29. The zero-order valence-corrected chi connectivity index (χ0v) is 10.4. The van der Waals surface area contributed by atoms with Crippen molar-refractivity contribution in [3.63, 3.8) is 0 Å². The molecule has 2 rings (SSSR count). The molecule has 0 aliphatic carbocycles. The van der Waals surface area contributed by atoms with Crippen molar-refractivity contribution in [3.05, 3.63) is 23.8 Å². The number of Topliss-reactive ketones (excluding diaryl/α,β-unsaturated/α-hetero) is 1. The molecule has 0 radical (unpaired) electrons. The third-order valence-corrected chi connectivity index (χ3v) is 3.55. The fourth-order valence-electron chi connectivity index (χ4n) is 1.85. The Morgan fingerprint density at radius 1 is 1.28 bits per heavy atom. The van der Waals surface area contributed by atoms with Crippen LogP contribution in [0.5, 0.6) is 0 Å². The molecule has 0 saturated carbocycles. The highest BCUT2D eigenvalue weighted by atomic mass is 32.2. The highest BCUT2D eigenvalue weighted by molar-refractivity contribution is 7.86. The molecule has 0 unspecified atom stereocenters. The van der Waals surface area contributed by atoms with E-state index in [2.05, 4.69) is 0 Å². The summed E-state index contributed by atoms with van der Waals surface area (Å²) in [5.74, 6) is -0.740. The Hall–Kier alpha value is -1.73. The van der Waals surface area contributed by atoms with Gasteiger partial charge in [0, 0.05) is 0 Å². The number of hydrogen-bond acceptors (Lipinski definition) is 4. The molecule has 1 aliphatic rings. The number of aryl methyl sites for hydroxylation is 1. The van der Waals surface area contributed by atoms with Crippen molar-refractivity contribution in [3.8, 4) is 0 Å². The minimum Gasteiger partial charge on any atom is -0.303 e. The predicted octanol–water partition coefficient (Wildman–Crippen LogP) is 0.548. The van der Waals surface area contributed by atoms with Gasteiger partial charge < -0.3 is 4.90 Å². The number of hydrogen-bond donors (Lipinski definition) is 1. The second-order valence-corrected chi connectivity index (χ2v) is 5.53. The van der Waals surface area contributed by atoms with Gasteiger partial charge in [0.25, 0.3) is 10.1 Å². The van der Waals surface area contributed by atoms with E-state index in [4.69, 9.17) is 4.55 Å². The van der Waals surface area contributed by atoms with Gasteiger partial charge in [0.1, 0.15) is 4.90 Å². The number of benzene rings is 1. The summed E-state index contributed by atoms with van der Waals surface area (Å²) in [6.45, 7) is 1.50. The van der Waals surface area contributed by atoms with E-state index in [0.717, 1.165) is 4.90 Å². The van der Waals surface area contributed by atoms with Gasteiger partial charge in [-0.2, -0.15) is 8.42 Å². The SMILES string of the molecule is Cc1ccc(N2CC(=O)CC2=O)c(S(=O)(=O)O)c1. The summed E-state index contributed by atoms with van der Waals surface area (Å²) in [5, 5.41) is 0. The van der Waals surface area contributed by atoms with E-state index in [0.29, 0.717) is 5.56 Å². The molecule has 18 heavy (non-hydrogen) atoms. The highest BCUT2D eigenvalue weighted by Crippen LogP contribution is 2.28. The molecular weight excluding hydrogens is 258 g/mol. The monoisotopic (exact) mass is 269 g/mol. The number of amides is 1. The third-order valence-electron chi connectivity index (χ3n) is 2.67. The van der Waals surface area contributed by atoms with Crippen molar-refractivity contribution in [2.24, 2.45) is 0 Å². The molecular formula is C11H11NO5S. The summed E-state index contributed by atoms with van der Waals surface area (Å²) < 4.78 is 31.7. The molecule has 1 heterocycles. The number of carbonyl (C=O) groups excluding carboxylic acids is 2. The first kappa shape index (κ1) is 12.7. The van der Waals surface area contributed by atoms with Crippen LogP contribution in [0, 0.1) is 6.92 Å². The van der Waals surface area contributed by atoms with Crippen molar-refractivity contribution >= 4 is 27.5 Å². The maximum Gasteiger partial charge on any atom is 0.296 e. The molecule has 96 valence electrons.